The molecule has 0 radical (unpaired) electrons. The molecule has 2 aromatic rings. The quantitative estimate of drug-likeness (QED) is 0.591. The van der Waals surface area contributed by atoms with Crippen LogP contribution in [0.1, 0.15) is 5.56 Å². The van der Waals surface area contributed by atoms with Gasteiger partial charge < -0.3 is 20.1 Å². The van der Waals surface area contributed by atoms with Gasteiger partial charge in [-0.05, 0) is 29.8 Å². The Balaban J connectivity index is 1.37. The molecule has 0 saturated heterocycles. The van der Waals surface area contributed by atoms with Crippen molar-refractivity contribution in [2.75, 3.05) is 25.2 Å². The first-order valence-corrected chi connectivity index (χ1v) is 8.20. The van der Waals surface area contributed by atoms with Crippen molar-refractivity contribution in [1.29, 1.82) is 0 Å². The highest BCUT2D eigenvalue weighted by Gasteiger charge is 2.11. The van der Waals surface area contributed by atoms with Crippen molar-refractivity contribution in [3.05, 3.63) is 72.1 Å². The minimum Gasteiger partial charge on any atom is -0.454 e. The summed E-state index contributed by atoms with van der Waals surface area (Å²) in [5, 5.41) is 5.48. The molecule has 0 unspecified atom stereocenters. The SMILES string of the molecule is O=C(CNC/C=C/C=C/c1ccc2c(c1)OCO2)Nc1ccccc1F. The Hall–Kier alpha value is -3.12. The van der Waals surface area contributed by atoms with Crippen molar-refractivity contribution in [1.82, 2.24) is 5.32 Å². The zero-order valence-corrected chi connectivity index (χ0v) is 14.1. The van der Waals surface area contributed by atoms with E-state index in [-0.39, 0.29) is 24.9 Å². The average molecular weight is 354 g/mol. The number of hydrogen-bond donors (Lipinski definition) is 2. The summed E-state index contributed by atoms with van der Waals surface area (Å²) in [7, 11) is 0. The van der Waals surface area contributed by atoms with E-state index < -0.39 is 5.82 Å². The minimum absolute atomic E-state index is 0.102. The van der Waals surface area contributed by atoms with E-state index in [1.165, 1.54) is 12.1 Å². The lowest BCUT2D eigenvalue weighted by Crippen LogP contribution is -2.28. The molecule has 2 aromatic carbocycles. The molecule has 1 aliphatic heterocycles. The zero-order valence-electron chi connectivity index (χ0n) is 14.1. The van der Waals surface area contributed by atoms with Gasteiger partial charge in [-0.3, -0.25) is 4.79 Å². The van der Waals surface area contributed by atoms with Crippen molar-refractivity contribution in [3.8, 4) is 11.5 Å². The lowest BCUT2D eigenvalue weighted by Gasteiger charge is -2.06. The van der Waals surface area contributed by atoms with E-state index >= 15 is 0 Å². The molecule has 0 aromatic heterocycles. The van der Waals surface area contributed by atoms with Crippen LogP contribution in [0.15, 0.2) is 60.7 Å². The first kappa shape index (κ1) is 17.7. The van der Waals surface area contributed by atoms with E-state index in [1.807, 2.05) is 42.5 Å². The highest BCUT2D eigenvalue weighted by molar-refractivity contribution is 5.92. The van der Waals surface area contributed by atoms with Gasteiger partial charge in [0.05, 0.1) is 12.2 Å². The number of benzene rings is 2. The van der Waals surface area contributed by atoms with Crippen molar-refractivity contribution in [2.45, 2.75) is 0 Å². The molecule has 0 spiro atoms. The summed E-state index contributed by atoms with van der Waals surface area (Å²) >= 11 is 0. The van der Waals surface area contributed by atoms with Gasteiger partial charge >= 0.3 is 0 Å². The summed E-state index contributed by atoms with van der Waals surface area (Å²) < 4.78 is 24.0. The van der Waals surface area contributed by atoms with Crippen molar-refractivity contribution >= 4 is 17.7 Å². The maximum atomic E-state index is 13.4. The second kappa shape index (κ2) is 8.82. The predicted octanol–water partition coefficient (Wildman–Crippen LogP) is 3.35. The van der Waals surface area contributed by atoms with E-state index in [4.69, 9.17) is 9.47 Å². The maximum absolute atomic E-state index is 13.4. The van der Waals surface area contributed by atoms with Crippen LogP contribution in [0.5, 0.6) is 11.5 Å². The lowest BCUT2D eigenvalue weighted by atomic mass is 10.2. The summed E-state index contributed by atoms with van der Waals surface area (Å²) in [6.45, 7) is 0.888. The average Bonchev–Trinajstić information content (AvgIpc) is 3.10. The number of carbonyl (C=O) groups is 1. The van der Waals surface area contributed by atoms with Gasteiger partial charge in [-0.2, -0.15) is 0 Å². The Morgan fingerprint density at radius 3 is 2.85 bits per heavy atom. The summed E-state index contributed by atoms with van der Waals surface area (Å²) in [6.07, 6.45) is 7.62. The molecule has 2 N–H and O–H groups in total. The molecule has 134 valence electrons. The number of para-hydroxylation sites is 1. The van der Waals surface area contributed by atoms with Crippen LogP contribution in [0, 0.1) is 5.82 Å². The molecule has 0 atom stereocenters. The van der Waals surface area contributed by atoms with Crippen molar-refractivity contribution < 1.29 is 18.7 Å². The molecular formula is C20H19FN2O3. The number of nitrogens with one attached hydrogen (secondary N) is 2. The van der Waals surface area contributed by atoms with Gasteiger partial charge in [-0.25, -0.2) is 4.39 Å². The Kier molecular flexibility index (Phi) is 6.01. The van der Waals surface area contributed by atoms with Crippen molar-refractivity contribution in [2.24, 2.45) is 0 Å². The van der Waals surface area contributed by atoms with Gasteiger partial charge in [0.15, 0.2) is 11.5 Å². The summed E-state index contributed by atoms with van der Waals surface area (Å²) in [5.41, 5.74) is 1.19. The first-order valence-electron chi connectivity index (χ1n) is 8.20. The predicted molar refractivity (Wildman–Crippen MR) is 98.6 cm³/mol. The number of allylic oxidation sites excluding steroid dienone is 2. The Morgan fingerprint density at radius 1 is 1.12 bits per heavy atom. The van der Waals surface area contributed by atoms with Gasteiger partial charge in [0.2, 0.25) is 12.7 Å². The third-order valence-corrected chi connectivity index (χ3v) is 3.63. The van der Waals surface area contributed by atoms with Gasteiger partial charge in [-0.1, -0.05) is 42.5 Å². The number of fused-ring (bicyclic) bond motifs is 1. The summed E-state index contributed by atoms with van der Waals surface area (Å²) in [5.74, 6) is 0.767. The molecule has 0 saturated carbocycles. The van der Waals surface area contributed by atoms with Gasteiger partial charge in [0, 0.05) is 6.54 Å². The topological polar surface area (TPSA) is 59.6 Å². The molecular weight excluding hydrogens is 335 g/mol. The van der Waals surface area contributed by atoms with Crippen LogP contribution in [0.25, 0.3) is 6.08 Å². The monoisotopic (exact) mass is 354 g/mol. The normalized spacial score (nSPS) is 12.8. The van der Waals surface area contributed by atoms with Crippen LogP contribution >= 0.6 is 0 Å². The van der Waals surface area contributed by atoms with Gasteiger partial charge in [0.1, 0.15) is 5.82 Å². The standard InChI is InChI=1S/C20H19FN2O3/c21-16-7-3-4-8-17(16)23-20(24)13-22-11-5-1-2-6-15-9-10-18-19(12-15)26-14-25-18/h1-10,12,22H,11,13-14H2,(H,23,24)/b5-1+,6-2+. The largest absolute Gasteiger partial charge is 0.454 e. The van der Waals surface area contributed by atoms with Crippen LogP contribution in [0.3, 0.4) is 0 Å². The fourth-order valence-corrected chi connectivity index (χ4v) is 2.36. The molecule has 0 fully saturated rings. The molecule has 0 aliphatic carbocycles. The lowest BCUT2D eigenvalue weighted by molar-refractivity contribution is -0.115. The molecule has 1 aliphatic rings. The minimum atomic E-state index is -0.450. The van der Waals surface area contributed by atoms with E-state index in [2.05, 4.69) is 10.6 Å². The maximum Gasteiger partial charge on any atom is 0.238 e. The summed E-state index contributed by atoms with van der Waals surface area (Å²) in [6, 6.07) is 11.8. The van der Waals surface area contributed by atoms with E-state index in [1.54, 1.807) is 12.1 Å². The third kappa shape index (κ3) is 4.94. The first-order chi connectivity index (χ1) is 12.7. The Morgan fingerprint density at radius 2 is 1.96 bits per heavy atom. The van der Waals surface area contributed by atoms with Crippen LogP contribution in [-0.2, 0) is 4.79 Å². The molecule has 5 nitrogen and oxygen atoms in total. The number of rotatable bonds is 7. The molecule has 1 amide bonds. The van der Waals surface area contributed by atoms with Crippen molar-refractivity contribution in [3.63, 3.8) is 0 Å². The number of anilines is 1. The third-order valence-electron chi connectivity index (χ3n) is 3.63. The number of ether oxygens (including phenoxy) is 2. The number of amides is 1. The van der Waals surface area contributed by atoms with E-state index in [0.29, 0.717) is 6.54 Å². The second-order valence-electron chi connectivity index (χ2n) is 5.56. The molecule has 0 bridgehead atoms. The summed E-state index contributed by atoms with van der Waals surface area (Å²) in [4.78, 5) is 11.7. The zero-order chi connectivity index (χ0) is 18.2. The Bertz CT molecular complexity index is 834. The number of hydrogen-bond acceptors (Lipinski definition) is 4. The molecule has 3 rings (SSSR count). The van der Waals surface area contributed by atoms with Crippen LogP contribution in [-0.4, -0.2) is 25.8 Å². The van der Waals surface area contributed by atoms with E-state index in [9.17, 15) is 9.18 Å². The molecule has 26 heavy (non-hydrogen) atoms. The smallest absolute Gasteiger partial charge is 0.238 e. The van der Waals surface area contributed by atoms with Crippen LogP contribution in [0.2, 0.25) is 0 Å². The number of carbonyl (C=O) groups excluding carboxylic acids is 1. The number of halogens is 1. The fourth-order valence-electron chi connectivity index (χ4n) is 2.36. The van der Waals surface area contributed by atoms with Gasteiger partial charge in [0.25, 0.3) is 0 Å². The van der Waals surface area contributed by atoms with Crippen LogP contribution < -0.4 is 20.1 Å². The highest BCUT2D eigenvalue weighted by atomic mass is 19.1. The molecule has 6 heteroatoms. The highest BCUT2D eigenvalue weighted by Crippen LogP contribution is 2.32. The second-order valence-corrected chi connectivity index (χ2v) is 5.56. The Labute approximate surface area is 151 Å². The van der Waals surface area contributed by atoms with Crippen LogP contribution in [0.4, 0.5) is 10.1 Å². The van der Waals surface area contributed by atoms with Gasteiger partial charge in [-0.15, -0.1) is 0 Å². The van der Waals surface area contributed by atoms with E-state index in [0.717, 1.165) is 17.1 Å². The molecule has 1 heterocycles. The fraction of sp³-hybridized carbons (Fsp3) is 0.150.